The van der Waals surface area contributed by atoms with Gasteiger partial charge in [0.2, 0.25) is 5.88 Å². The minimum atomic E-state index is -4.43. The van der Waals surface area contributed by atoms with E-state index in [4.69, 9.17) is 4.74 Å². The maximum Gasteiger partial charge on any atom is 0.416 e. The number of alkyl halides is 3. The lowest BCUT2D eigenvalue weighted by Crippen LogP contribution is -2.09. The maximum atomic E-state index is 12.6. The molecular formula is C15H12F3NO2. The zero-order valence-electron chi connectivity index (χ0n) is 11.1. The van der Waals surface area contributed by atoms with Crippen molar-refractivity contribution >= 4 is 5.78 Å². The number of pyridine rings is 1. The molecule has 0 saturated carbocycles. The van der Waals surface area contributed by atoms with Crippen molar-refractivity contribution in [2.75, 3.05) is 7.11 Å². The van der Waals surface area contributed by atoms with Crippen LogP contribution in [-0.4, -0.2) is 17.9 Å². The van der Waals surface area contributed by atoms with Crippen LogP contribution in [0.3, 0.4) is 0 Å². The van der Waals surface area contributed by atoms with E-state index in [1.54, 1.807) is 6.07 Å². The topological polar surface area (TPSA) is 39.2 Å². The van der Waals surface area contributed by atoms with Crippen molar-refractivity contribution in [1.82, 2.24) is 4.98 Å². The number of carbonyl (C=O) groups excluding carboxylic acids is 1. The van der Waals surface area contributed by atoms with E-state index in [1.165, 1.54) is 31.5 Å². The highest BCUT2D eigenvalue weighted by Crippen LogP contribution is 2.30. The number of Topliss-reactive ketones (excluding diaryl/α,β-unsaturated/α-hetero) is 1. The van der Waals surface area contributed by atoms with Crippen molar-refractivity contribution in [2.24, 2.45) is 0 Å². The third-order valence-corrected chi connectivity index (χ3v) is 2.88. The van der Waals surface area contributed by atoms with Crippen LogP contribution in [0.2, 0.25) is 0 Å². The van der Waals surface area contributed by atoms with Crippen LogP contribution in [0.25, 0.3) is 0 Å². The Morgan fingerprint density at radius 2 is 2.00 bits per heavy atom. The van der Waals surface area contributed by atoms with Gasteiger partial charge in [0.05, 0.1) is 18.2 Å². The van der Waals surface area contributed by atoms with Gasteiger partial charge in [0.25, 0.3) is 0 Å². The van der Waals surface area contributed by atoms with Crippen molar-refractivity contribution in [3.05, 3.63) is 59.3 Å². The van der Waals surface area contributed by atoms with Crippen molar-refractivity contribution < 1.29 is 22.7 Å². The normalized spacial score (nSPS) is 11.2. The van der Waals surface area contributed by atoms with Crippen LogP contribution in [0.5, 0.6) is 5.88 Å². The van der Waals surface area contributed by atoms with Gasteiger partial charge in [0, 0.05) is 12.6 Å². The predicted molar refractivity (Wildman–Crippen MR) is 70.3 cm³/mol. The van der Waals surface area contributed by atoms with E-state index in [1.807, 2.05) is 0 Å². The molecule has 3 nitrogen and oxygen atoms in total. The molecule has 0 bridgehead atoms. The lowest BCUT2D eigenvalue weighted by molar-refractivity contribution is -0.137. The molecule has 110 valence electrons. The zero-order chi connectivity index (χ0) is 15.5. The molecular weight excluding hydrogens is 283 g/mol. The van der Waals surface area contributed by atoms with Gasteiger partial charge >= 0.3 is 6.18 Å². The van der Waals surface area contributed by atoms with Crippen molar-refractivity contribution in [1.29, 1.82) is 0 Å². The molecule has 21 heavy (non-hydrogen) atoms. The number of hydrogen-bond acceptors (Lipinski definition) is 3. The van der Waals surface area contributed by atoms with Crippen LogP contribution >= 0.6 is 0 Å². The molecule has 0 radical (unpaired) electrons. The van der Waals surface area contributed by atoms with Crippen molar-refractivity contribution in [2.45, 2.75) is 12.6 Å². The predicted octanol–water partition coefficient (Wildman–Crippen LogP) is 3.53. The molecule has 6 heteroatoms. The summed E-state index contributed by atoms with van der Waals surface area (Å²) in [5, 5.41) is 0. The minimum absolute atomic E-state index is 0.147. The third kappa shape index (κ3) is 3.59. The fourth-order valence-corrected chi connectivity index (χ4v) is 1.90. The molecule has 0 amide bonds. The van der Waals surface area contributed by atoms with Crippen LogP contribution in [0, 0.1) is 0 Å². The number of carbonyl (C=O) groups is 1. The molecule has 0 saturated heterocycles. The third-order valence-electron chi connectivity index (χ3n) is 2.88. The van der Waals surface area contributed by atoms with E-state index < -0.39 is 11.7 Å². The van der Waals surface area contributed by atoms with Crippen LogP contribution in [0.1, 0.15) is 21.5 Å². The van der Waals surface area contributed by atoms with Gasteiger partial charge < -0.3 is 4.74 Å². The number of aromatic nitrogens is 1. The van der Waals surface area contributed by atoms with Gasteiger partial charge in [-0.3, -0.25) is 4.79 Å². The Labute approximate surface area is 119 Å². The van der Waals surface area contributed by atoms with Gasteiger partial charge in [-0.15, -0.1) is 0 Å². The van der Waals surface area contributed by atoms with Crippen LogP contribution in [0.15, 0.2) is 42.6 Å². The number of nitrogens with zero attached hydrogens (tertiary/aromatic N) is 1. The Morgan fingerprint density at radius 1 is 1.24 bits per heavy atom. The summed E-state index contributed by atoms with van der Waals surface area (Å²) < 4.78 is 42.9. The number of ether oxygens (including phenoxy) is 1. The molecule has 0 fully saturated rings. The number of hydrogen-bond donors (Lipinski definition) is 0. The Morgan fingerprint density at radius 3 is 2.67 bits per heavy atom. The molecule has 0 aliphatic rings. The van der Waals surface area contributed by atoms with E-state index in [0.29, 0.717) is 5.56 Å². The molecule has 0 aliphatic carbocycles. The summed E-state index contributed by atoms with van der Waals surface area (Å²) in [7, 11) is 1.38. The average molecular weight is 295 g/mol. The highest BCUT2D eigenvalue weighted by atomic mass is 19.4. The molecule has 1 aromatic carbocycles. The van der Waals surface area contributed by atoms with E-state index in [2.05, 4.69) is 4.98 Å². The lowest BCUT2D eigenvalue weighted by Gasteiger charge is -2.09. The van der Waals surface area contributed by atoms with Gasteiger partial charge in [-0.25, -0.2) is 4.98 Å². The first-order valence-corrected chi connectivity index (χ1v) is 6.10. The average Bonchev–Trinajstić information content (AvgIpc) is 2.46. The van der Waals surface area contributed by atoms with Gasteiger partial charge in [-0.2, -0.15) is 13.2 Å². The monoisotopic (exact) mass is 295 g/mol. The Balaban J connectivity index is 2.24. The van der Waals surface area contributed by atoms with E-state index in [0.717, 1.165) is 12.1 Å². The molecule has 0 N–H and O–H groups in total. The van der Waals surface area contributed by atoms with Crippen LogP contribution in [0.4, 0.5) is 13.2 Å². The summed E-state index contributed by atoms with van der Waals surface area (Å²) in [6, 6.07) is 7.81. The molecule has 0 unspecified atom stereocenters. The smallest absolute Gasteiger partial charge is 0.416 e. The van der Waals surface area contributed by atoms with Gasteiger partial charge in [0.15, 0.2) is 5.78 Å². The summed E-state index contributed by atoms with van der Waals surface area (Å²) in [6.45, 7) is 0. The van der Waals surface area contributed by atoms with E-state index in [9.17, 15) is 18.0 Å². The second-order valence-corrected chi connectivity index (χ2v) is 4.36. The quantitative estimate of drug-likeness (QED) is 0.810. The molecule has 1 heterocycles. The Kier molecular flexibility index (Phi) is 4.26. The Bertz CT molecular complexity index is 653. The highest BCUT2D eigenvalue weighted by molar-refractivity contribution is 5.99. The molecule has 0 aliphatic heterocycles. The fraction of sp³-hybridized carbons (Fsp3) is 0.200. The first-order valence-electron chi connectivity index (χ1n) is 6.10. The lowest BCUT2D eigenvalue weighted by atomic mass is 10.0. The number of benzene rings is 1. The number of ketones is 1. The van der Waals surface area contributed by atoms with Gasteiger partial charge in [-0.05, 0) is 23.8 Å². The summed E-state index contributed by atoms with van der Waals surface area (Å²) >= 11 is 0. The standard InChI is InChI=1S/C15H12F3NO2/c1-21-14-12(6-3-7-19-14)13(20)9-10-4-2-5-11(8-10)15(16,17)18/h2-8H,9H2,1H3. The Hall–Kier alpha value is -2.37. The van der Waals surface area contributed by atoms with E-state index in [-0.39, 0.29) is 23.6 Å². The second-order valence-electron chi connectivity index (χ2n) is 4.36. The van der Waals surface area contributed by atoms with Crippen molar-refractivity contribution in [3.8, 4) is 5.88 Å². The van der Waals surface area contributed by atoms with E-state index >= 15 is 0 Å². The highest BCUT2D eigenvalue weighted by Gasteiger charge is 2.30. The first-order chi connectivity index (χ1) is 9.91. The van der Waals surface area contributed by atoms with Gasteiger partial charge in [-0.1, -0.05) is 18.2 Å². The molecule has 2 rings (SSSR count). The second kappa shape index (κ2) is 5.95. The van der Waals surface area contributed by atoms with Gasteiger partial charge in [0.1, 0.15) is 0 Å². The maximum absolute atomic E-state index is 12.6. The SMILES string of the molecule is COc1ncccc1C(=O)Cc1cccc(C(F)(F)F)c1. The number of halogens is 3. The number of rotatable bonds is 4. The first kappa shape index (κ1) is 15.0. The summed E-state index contributed by atoms with van der Waals surface area (Å²) in [5.41, 5.74) is -0.232. The largest absolute Gasteiger partial charge is 0.480 e. The molecule has 2 aromatic rings. The summed E-state index contributed by atoms with van der Waals surface area (Å²) in [5.74, 6) is -0.186. The summed E-state index contributed by atoms with van der Waals surface area (Å²) in [6.07, 6.45) is -3.10. The minimum Gasteiger partial charge on any atom is -0.480 e. The zero-order valence-corrected chi connectivity index (χ0v) is 11.1. The molecule has 0 atom stereocenters. The fourth-order valence-electron chi connectivity index (χ4n) is 1.90. The molecule has 0 spiro atoms. The number of methoxy groups -OCH3 is 1. The van der Waals surface area contributed by atoms with Crippen LogP contribution < -0.4 is 4.74 Å². The van der Waals surface area contributed by atoms with Crippen LogP contribution in [-0.2, 0) is 12.6 Å². The van der Waals surface area contributed by atoms with Crippen molar-refractivity contribution in [3.63, 3.8) is 0 Å². The summed E-state index contributed by atoms with van der Waals surface area (Å²) in [4.78, 5) is 16.0. The molecule has 1 aromatic heterocycles.